The highest BCUT2D eigenvalue weighted by molar-refractivity contribution is 6.71. The summed E-state index contributed by atoms with van der Waals surface area (Å²) in [5.74, 6) is 0. The van der Waals surface area contributed by atoms with Crippen LogP contribution in [0.4, 0.5) is 26.3 Å². The van der Waals surface area contributed by atoms with Crippen LogP contribution < -0.4 is 0 Å². The van der Waals surface area contributed by atoms with Crippen LogP contribution in [0.15, 0.2) is 48.5 Å². The van der Waals surface area contributed by atoms with Gasteiger partial charge in [0.15, 0.2) is 4.87 Å². The van der Waals surface area contributed by atoms with Crippen molar-refractivity contribution in [3.05, 3.63) is 70.8 Å². The van der Waals surface area contributed by atoms with Gasteiger partial charge in [0.05, 0.1) is 11.1 Å². The predicted octanol–water partition coefficient (Wildman–Crippen LogP) is 5.97. The second-order valence-corrected chi connectivity index (χ2v) is 6.00. The van der Waals surface area contributed by atoms with Crippen molar-refractivity contribution in [2.24, 2.45) is 0 Å². The topological polar surface area (TPSA) is 17.1 Å². The van der Waals surface area contributed by atoms with Crippen molar-refractivity contribution in [2.45, 2.75) is 17.2 Å². The first kappa shape index (κ1) is 19.6. The molecule has 0 fully saturated rings. The second kappa shape index (κ2) is 6.53. The smallest absolute Gasteiger partial charge is 0.278 e. The van der Waals surface area contributed by atoms with E-state index in [1.54, 1.807) is 0 Å². The molecule has 0 saturated heterocycles. The quantitative estimate of drug-likeness (QED) is 0.352. The first-order valence-corrected chi connectivity index (χ1v) is 7.36. The molecule has 0 saturated carbocycles. The number of benzene rings is 2. The summed E-state index contributed by atoms with van der Waals surface area (Å²) in [6.45, 7) is 0. The summed E-state index contributed by atoms with van der Waals surface area (Å²) in [4.78, 5) is 9.46. The molecule has 0 N–H and O–H groups in total. The Morgan fingerprint density at radius 3 is 1.32 bits per heavy atom. The van der Waals surface area contributed by atoms with Crippen LogP contribution in [-0.2, 0) is 22.0 Å². The Kier molecular flexibility index (Phi) is 5.12. The van der Waals surface area contributed by atoms with E-state index in [2.05, 4.69) is 0 Å². The van der Waals surface area contributed by atoms with Gasteiger partial charge in [0.2, 0.25) is 0 Å². The first-order valence-electron chi connectivity index (χ1n) is 6.61. The van der Waals surface area contributed by atoms with Crippen molar-refractivity contribution in [1.29, 1.82) is 0 Å². The van der Waals surface area contributed by atoms with Gasteiger partial charge in [-0.15, -0.1) is 0 Å². The number of carbonyl (C=O) groups excluding carboxylic acids is 1. The fraction of sp³-hybridized carbons (Fsp3) is 0.188. The zero-order valence-electron chi connectivity index (χ0n) is 12.1. The molecule has 25 heavy (non-hydrogen) atoms. The Morgan fingerprint density at radius 2 is 1.04 bits per heavy atom. The van der Waals surface area contributed by atoms with E-state index in [9.17, 15) is 31.1 Å². The number of rotatable bonds is 3. The second-order valence-electron chi connectivity index (χ2n) is 5.09. The monoisotopic (exact) mass is 400 g/mol. The molecular formula is C16H8Cl2F6O. The molecule has 0 radical (unpaired) electrons. The normalized spacial score (nSPS) is 13.0. The Hall–Kier alpha value is -1.73. The average Bonchev–Trinajstić information content (AvgIpc) is 2.52. The van der Waals surface area contributed by atoms with Crippen LogP contribution in [0.25, 0.3) is 0 Å². The van der Waals surface area contributed by atoms with Crippen LogP contribution in [-0.4, -0.2) is 5.24 Å². The lowest BCUT2D eigenvalue weighted by atomic mass is 9.89. The molecule has 0 amide bonds. The molecule has 1 nitrogen and oxygen atoms in total. The maximum atomic E-state index is 12.9. The third-order valence-electron chi connectivity index (χ3n) is 3.45. The summed E-state index contributed by atoms with van der Waals surface area (Å²) in [7, 11) is 0. The summed E-state index contributed by atoms with van der Waals surface area (Å²) in [5, 5.41) is -1.33. The average molecular weight is 401 g/mol. The van der Waals surface area contributed by atoms with E-state index in [0.29, 0.717) is 12.1 Å². The van der Waals surface area contributed by atoms with Gasteiger partial charge in [-0.3, -0.25) is 4.79 Å². The Bertz CT molecular complexity index is 740. The van der Waals surface area contributed by atoms with Crippen LogP contribution in [0.1, 0.15) is 22.3 Å². The fourth-order valence-electron chi connectivity index (χ4n) is 2.21. The molecule has 9 heteroatoms. The third kappa shape index (κ3) is 3.93. The summed E-state index contributed by atoms with van der Waals surface area (Å²) in [5.41, 5.74) is -2.99. The van der Waals surface area contributed by atoms with E-state index in [0.717, 1.165) is 36.4 Å². The van der Waals surface area contributed by atoms with Crippen LogP contribution >= 0.6 is 23.2 Å². The van der Waals surface area contributed by atoms with Crippen LogP contribution in [0.3, 0.4) is 0 Å². The van der Waals surface area contributed by atoms with Gasteiger partial charge < -0.3 is 0 Å². The third-order valence-corrected chi connectivity index (χ3v) is 4.43. The molecular weight excluding hydrogens is 393 g/mol. The Labute approximate surface area is 148 Å². The summed E-state index contributed by atoms with van der Waals surface area (Å²) in [6, 6.07) is 6.79. The van der Waals surface area contributed by atoms with Gasteiger partial charge in [0.25, 0.3) is 5.24 Å². The molecule has 0 heterocycles. The molecule has 0 atom stereocenters. The number of hydrogen-bond acceptors (Lipinski definition) is 1. The molecule has 0 spiro atoms. The number of alkyl halides is 7. The molecule has 2 aromatic rings. The maximum absolute atomic E-state index is 12.9. The largest absolute Gasteiger partial charge is 0.416 e. The van der Waals surface area contributed by atoms with E-state index in [1.165, 1.54) is 0 Å². The minimum absolute atomic E-state index is 0.386. The first-order chi connectivity index (χ1) is 11.4. The standard InChI is InChI=1S/C16H8Cl2F6O/c17-13(25)14(18,9-3-1-5-11(7-9)15(19,20)21)10-4-2-6-12(8-10)16(22,23)24/h1-8H. The summed E-state index contributed by atoms with van der Waals surface area (Å²) >= 11 is 11.6. The van der Waals surface area contributed by atoms with E-state index >= 15 is 0 Å². The van der Waals surface area contributed by atoms with Crippen LogP contribution in [0.5, 0.6) is 0 Å². The number of halogens is 8. The van der Waals surface area contributed by atoms with E-state index in [4.69, 9.17) is 23.2 Å². The molecule has 0 aliphatic heterocycles. The molecule has 0 bridgehead atoms. The van der Waals surface area contributed by atoms with Crippen molar-refractivity contribution in [3.63, 3.8) is 0 Å². The lowest BCUT2D eigenvalue weighted by Crippen LogP contribution is -2.28. The van der Waals surface area contributed by atoms with E-state index < -0.39 is 33.6 Å². The minimum Gasteiger partial charge on any atom is -0.278 e. The molecule has 0 unspecified atom stereocenters. The number of carbonyl (C=O) groups is 1. The molecule has 0 aliphatic carbocycles. The van der Waals surface area contributed by atoms with Gasteiger partial charge in [-0.25, -0.2) is 0 Å². The SMILES string of the molecule is O=C(Cl)C(Cl)(c1cccc(C(F)(F)F)c1)c1cccc(C(F)(F)F)c1. The molecule has 2 rings (SSSR count). The lowest BCUT2D eigenvalue weighted by Gasteiger charge is -2.25. The van der Waals surface area contributed by atoms with Crippen molar-refractivity contribution in [3.8, 4) is 0 Å². The molecule has 134 valence electrons. The highest BCUT2D eigenvalue weighted by Gasteiger charge is 2.42. The maximum Gasteiger partial charge on any atom is 0.416 e. The fourth-order valence-corrected chi connectivity index (χ4v) is 2.67. The van der Waals surface area contributed by atoms with Gasteiger partial charge in [-0.1, -0.05) is 35.9 Å². The van der Waals surface area contributed by atoms with Crippen molar-refractivity contribution >= 4 is 28.4 Å². The van der Waals surface area contributed by atoms with E-state index in [-0.39, 0.29) is 11.1 Å². The van der Waals surface area contributed by atoms with Crippen molar-refractivity contribution < 1.29 is 31.1 Å². The Morgan fingerprint density at radius 1 is 0.720 bits per heavy atom. The van der Waals surface area contributed by atoms with Gasteiger partial charge in [0.1, 0.15) is 0 Å². The Balaban J connectivity index is 2.67. The van der Waals surface area contributed by atoms with Crippen LogP contribution in [0.2, 0.25) is 0 Å². The van der Waals surface area contributed by atoms with Crippen LogP contribution in [0, 0.1) is 0 Å². The molecule has 0 aromatic heterocycles. The van der Waals surface area contributed by atoms with Crippen molar-refractivity contribution in [2.75, 3.05) is 0 Å². The lowest BCUT2D eigenvalue weighted by molar-refractivity contribution is -0.138. The van der Waals surface area contributed by atoms with Crippen molar-refractivity contribution in [1.82, 2.24) is 0 Å². The minimum atomic E-state index is -4.73. The highest BCUT2D eigenvalue weighted by atomic mass is 35.5. The highest BCUT2D eigenvalue weighted by Crippen LogP contribution is 2.42. The van der Waals surface area contributed by atoms with Gasteiger partial charge >= 0.3 is 12.4 Å². The van der Waals surface area contributed by atoms with Gasteiger partial charge in [-0.05, 0) is 47.0 Å². The van der Waals surface area contributed by atoms with Gasteiger partial charge in [0, 0.05) is 0 Å². The predicted molar refractivity (Wildman–Crippen MR) is 80.4 cm³/mol. The summed E-state index contributed by atoms with van der Waals surface area (Å²) in [6.07, 6.45) is -9.45. The molecule has 2 aromatic carbocycles. The van der Waals surface area contributed by atoms with Gasteiger partial charge in [-0.2, -0.15) is 26.3 Å². The van der Waals surface area contributed by atoms with E-state index in [1.807, 2.05) is 0 Å². The zero-order chi connectivity index (χ0) is 19.0. The number of hydrogen-bond donors (Lipinski definition) is 0. The zero-order valence-corrected chi connectivity index (χ0v) is 13.6. The molecule has 0 aliphatic rings. The summed E-state index contributed by atoms with van der Waals surface area (Å²) < 4.78 is 77.2.